The van der Waals surface area contributed by atoms with Gasteiger partial charge in [-0.1, -0.05) is 42.8 Å². The van der Waals surface area contributed by atoms with Gasteiger partial charge in [-0.25, -0.2) is 0 Å². The average molecular weight is 514 g/mol. The first-order valence-corrected chi connectivity index (χ1v) is 11.7. The van der Waals surface area contributed by atoms with E-state index in [9.17, 15) is 18.0 Å². The van der Waals surface area contributed by atoms with Crippen LogP contribution in [0.25, 0.3) is 0 Å². The molecular weight excluding hydrogens is 491 g/mol. The number of amides is 1. The van der Waals surface area contributed by atoms with E-state index in [1.54, 1.807) is 25.3 Å². The minimum absolute atomic E-state index is 0.0934. The number of ether oxygens (including phenoxy) is 2. The van der Waals surface area contributed by atoms with Crippen LogP contribution in [0.1, 0.15) is 36.5 Å². The largest absolute Gasteiger partial charge is 0.493 e. The summed E-state index contributed by atoms with van der Waals surface area (Å²) in [6, 6.07) is 8.97. The van der Waals surface area contributed by atoms with Crippen molar-refractivity contribution in [2.75, 3.05) is 13.7 Å². The predicted octanol–water partition coefficient (Wildman–Crippen LogP) is 5.71. The molecule has 1 fully saturated rings. The molecule has 2 aromatic rings. The van der Waals surface area contributed by atoms with Gasteiger partial charge in [0.2, 0.25) is 5.91 Å². The van der Waals surface area contributed by atoms with Gasteiger partial charge in [0.25, 0.3) is 0 Å². The van der Waals surface area contributed by atoms with Crippen LogP contribution < -0.4 is 14.8 Å². The van der Waals surface area contributed by atoms with Crippen molar-refractivity contribution in [3.8, 4) is 11.5 Å². The van der Waals surface area contributed by atoms with Crippen molar-refractivity contribution in [1.82, 2.24) is 5.32 Å². The number of amidine groups is 1. The fourth-order valence-electron chi connectivity index (χ4n) is 3.08. The van der Waals surface area contributed by atoms with Gasteiger partial charge in [0.05, 0.1) is 35.8 Å². The highest BCUT2D eigenvalue weighted by Crippen LogP contribution is 2.36. The minimum Gasteiger partial charge on any atom is -0.493 e. The number of alkyl halides is 3. The summed E-state index contributed by atoms with van der Waals surface area (Å²) in [5, 5.41) is 9.87. The SMILES string of the molecule is CCCCOc1ccc(/C=N/N=C2\NC(=O)C(Cc3ccc(Cl)c(C(F)(F)F)c3)S2)cc1OC. The van der Waals surface area contributed by atoms with Crippen molar-refractivity contribution < 1.29 is 27.4 Å². The van der Waals surface area contributed by atoms with E-state index in [1.807, 2.05) is 0 Å². The molecule has 3 rings (SSSR count). The molecule has 1 unspecified atom stereocenters. The summed E-state index contributed by atoms with van der Waals surface area (Å²) in [4.78, 5) is 12.3. The summed E-state index contributed by atoms with van der Waals surface area (Å²) in [6.45, 7) is 2.68. The van der Waals surface area contributed by atoms with Gasteiger partial charge < -0.3 is 14.8 Å². The van der Waals surface area contributed by atoms with Gasteiger partial charge in [0, 0.05) is 0 Å². The molecule has 1 aliphatic heterocycles. The Morgan fingerprint density at radius 3 is 2.71 bits per heavy atom. The van der Waals surface area contributed by atoms with Gasteiger partial charge in [-0.05, 0) is 54.3 Å². The predicted molar refractivity (Wildman–Crippen MR) is 128 cm³/mol. The van der Waals surface area contributed by atoms with E-state index in [-0.39, 0.29) is 22.5 Å². The zero-order valence-electron chi connectivity index (χ0n) is 18.5. The number of carbonyl (C=O) groups excluding carboxylic acids is 1. The summed E-state index contributed by atoms with van der Waals surface area (Å²) >= 11 is 6.76. The summed E-state index contributed by atoms with van der Waals surface area (Å²) in [6.07, 6.45) is -1.01. The fraction of sp³-hybridized carbons (Fsp3) is 0.348. The topological polar surface area (TPSA) is 72.3 Å². The Balaban J connectivity index is 1.64. The lowest BCUT2D eigenvalue weighted by atomic mass is 10.1. The molecule has 6 nitrogen and oxygen atoms in total. The maximum atomic E-state index is 13.1. The first kappa shape index (κ1) is 25.9. The molecular formula is C23H23ClF3N3O3S. The number of hydrogen-bond acceptors (Lipinski definition) is 6. The molecule has 0 saturated carbocycles. The summed E-state index contributed by atoms with van der Waals surface area (Å²) in [7, 11) is 1.55. The Bertz CT molecular complexity index is 1090. The van der Waals surface area contributed by atoms with E-state index in [1.165, 1.54) is 18.3 Å². The Labute approximate surface area is 204 Å². The minimum atomic E-state index is -4.57. The van der Waals surface area contributed by atoms with Crippen molar-refractivity contribution in [3.05, 3.63) is 58.1 Å². The lowest BCUT2D eigenvalue weighted by Gasteiger charge is -2.12. The molecule has 1 atom stereocenters. The standard InChI is InChI=1S/C23H23ClF3N3O3S/c1-3-4-9-33-18-8-6-15(11-19(18)32-2)13-28-30-22-29-21(31)20(34-22)12-14-5-7-17(24)16(10-14)23(25,26)27/h5-8,10-11,13,20H,3-4,9,12H2,1-2H3,(H,29,30,31)/b28-13+. The maximum absolute atomic E-state index is 13.1. The van der Waals surface area contributed by atoms with Crippen molar-refractivity contribution in [3.63, 3.8) is 0 Å². The lowest BCUT2D eigenvalue weighted by molar-refractivity contribution is -0.137. The number of thioether (sulfide) groups is 1. The number of carbonyl (C=O) groups is 1. The van der Waals surface area contributed by atoms with Crippen LogP contribution in [-0.2, 0) is 17.4 Å². The Kier molecular flexibility index (Phi) is 8.84. The van der Waals surface area contributed by atoms with Gasteiger partial charge in [0.15, 0.2) is 16.7 Å². The quantitative estimate of drug-likeness (QED) is 0.265. The third-order valence-electron chi connectivity index (χ3n) is 4.83. The van der Waals surface area contributed by atoms with E-state index in [2.05, 4.69) is 22.4 Å². The first-order chi connectivity index (χ1) is 16.2. The summed E-state index contributed by atoms with van der Waals surface area (Å²) < 4.78 is 50.3. The third kappa shape index (κ3) is 6.89. The Morgan fingerprint density at radius 2 is 2.00 bits per heavy atom. The van der Waals surface area contributed by atoms with Crippen molar-refractivity contribution in [2.24, 2.45) is 10.2 Å². The Hall–Kier alpha value is -2.72. The molecule has 1 N–H and O–H groups in total. The number of hydrogen-bond donors (Lipinski definition) is 1. The van der Waals surface area contributed by atoms with Gasteiger partial charge in [-0.15, -0.1) is 5.10 Å². The number of halogens is 4. The van der Waals surface area contributed by atoms with Crippen LogP contribution in [0.2, 0.25) is 5.02 Å². The normalized spacial score (nSPS) is 17.4. The second-order valence-corrected chi connectivity index (χ2v) is 8.97. The Morgan fingerprint density at radius 1 is 1.21 bits per heavy atom. The third-order valence-corrected chi connectivity index (χ3v) is 6.23. The van der Waals surface area contributed by atoms with E-state index < -0.39 is 17.0 Å². The first-order valence-electron chi connectivity index (χ1n) is 10.5. The summed E-state index contributed by atoms with van der Waals surface area (Å²) in [5.41, 5.74) is 0.143. The van der Waals surface area contributed by atoms with Crippen LogP contribution in [-0.4, -0.2) is 36.3 Å². The van der Waals surface area contributed by atoms with Crippen LogP contribution in [0, 0.1) is 0 Å². The molecule has 1 saturated heterocycles. The van der Waals surface area contributed by atoms with Crippen LogP contribution in [0.3, 0.4) is 0 Å². The number of benzene rings is 2. The zero-order valence-corrected chi connectivity index (χ0v) is 20.1. The molecule has 1 amide bonds. The van der Waals surface area contributed by atoms with Gasteiger partial charge in [-0.2, -0.15) is 18.3 Å². The molecule has 34 heavy (non-hydrogen) atoms. The van der Waals surface area contributed by atoms with Crippen LogP contribution in [0.4, 0.5) is 13.2 Å². The second-order valence-electron chi connectivity index (χ2n) is 7.37. The van der Waals surface area contributed by atoms with Gasteiger partial charge in [-0.3, -0.25) is 4.79 Å². The number of methoxy groups -OCH3 is 1. The molecule has 0 aromatic heterocycles. The molecule has 2 aromatic carbocycles. The van der Waals surface area contributed by atoms with E-state index >= 15 is 0 Å². The van der Waals surface area contributed by atoms with E-state index in [0.29, 0.717) is 23.7 Å². The average Bonchev–Trinajstić information content (AvgIpc) is 3.14. The van der Waals surface area contributed by atoms with Crippen molar-refractivity contribution in [1.29, 1.82) is 0 Å². The number of nitrogens with zero attached hydrogens (tertiary/aromatic N) is 2. The van der Waals surface area contributed by atoms with Crippen LogP contribution >= 0.6 is 23.4 Å². The molecule has 11 heteroatoms. The van der Waals surface area contributed by atoms with Gasteiger partial charge in [0.1, 0.15) is 0 Å². The smallest absolute Gasteiger partial charge is 0.417 e. The summed E-state index contributed by atoms with van der Waals surface area (Å²) in [5.74, 6) is 0.854. The second kappa shape index (κ2) is 11.6. The number of nitrogens with one attached hydrogen (secondary N) is 1. The van der Waals surface area contributed by atoms with Crippen molar-refractivity contribution >= 4 is 40.7 Å². The van der Waals surface area contributed by atoms with Crippen LogP contribution in [0.15, 0.2) is 46.6 Å². The van der Waals surface area contributed by atoms with Gasteiger partial charge >= 0.3 is 6.18 Å². The monoisotopic (exact) mass is 513 g/mol. The lowest BCUT2D eigenvalue weighted by Crippen LogP contribution is -2.26. The molecule has 0 bridgehead atoms. The fourth-order valence-corrected chi connectivity index (χ4v) is 4.27. The van der Waals surface area contributed by atoms with E-state index in [0.717, 1.165) is 36.2 Å². The molecule has 1 heterocycles. The molecule has 0 radical (unpaired) electrons. The maximum Gasteiger partial charge on any atom is 0.417 e. The number of rotatable bonds is 9. The zero-order chi connectivity index (χ0) is 24.7. The highest BCUT2D eigenvalue weighted by atomic mass is 35.5. The van der Waals surface area contributed by atoms with Crippen LogP contribution in [0.5, 0.6) is 11.5 Å². The highest BCUT2D eigenvalue weighted by molar-refractivity contribution is 8.15. The van der Waals surface area contributed by atoms with Crippen molar-refractivity contribution in [2.45, 2.75) is 37.6 Å². The molecule has 1 aliphatic rings. The van der Waals surface area contributed by atoms with E-state index in [4.69, 9.17) is 21.1 Å². The highest BCUT2D eigenvalue weighted by Gasteiger charge is 2.35. The molecule has 182 valence electrons. The molecule has 0 aliphatic carbocycles. The number of unbranched alkanes of at least 4 members (excludes halogenated alkanes) is 1. The molecule has 0 spiro atoms.